The van der Waals surface area contributed by atoms with Crippen molar-refractivity contribution in [1.29, 1.82) is 0 Å². The summed E-state index contributed by atoms with van der Waals surface area (Å²) in [6.07, 6.45) is 0.841. The molecule has 0 spiro atoms. The number of ether oxygens (including phenoxy) is 1. The molecule has 3 amide bonds. The Morgan fingerprint density at radius 1 is 0.330 bits per heavy atom. The van der Waals surface area contributed by atoms with Crippen LogP contribution in [-0.4, -0.2) is 97.1 Å². The molecule has 9 rings (SSSR count). The molecule has 0 heterocycles. The first-order chi connectivity index (χ1) is 44.0. The average Bonchev–Trinajstić information content (AvgIpc) is 1.10. The number of aryl methyl sites for hydroxylation is 8. The van der Waals surface area contributed by atoms with E-state index in [1.165, 1.54) is 55.5 Å². The van der Waals surface area contributed by atoms with Crippen molar-refractivity contribution in [2.45, 2.75) is 62.3 Å². The van der Waals surface area contributed by atoms with Crippen molar-refractivity contribution in [3.05, 3.63) is 260 Å². The van der Waals surface area contributed by atoms with Crippen LogP contribution in [0.1, 0.15) is 114 Å². The van der Waals surface area contributed by atoms with Gasteiger partial charge in [-0.25, -0.2) is 14.4 Å². The molecule has 94 heavy (non-hydrogen) atoms. The molecule has 0 aliphatic heterocycles. The number of esters is 1. The standard InChI is InChI=1S/C17H17NO3.C15H15NO2.C13H11NO4.C10H12O4S.C9H10O2.C7H6O4/c1-11-8-12(2)10-14(9-11)17(20)18-15-4-6-16(7-5-15)21-13(3)19;1-10-7-11(2)9-12(8-10)15(18)16-13-3-5-14(17)6-4-13;15-10-3-1-9(2-4-10)14-13(18)8-5-11(16)7-12(17)6-8;1-7-4-8(2)6-9(5-7)10(11)14-15(3,12)13;1-6-3-7(2)5-8(4-6)9(10)11;8-5-1-4(7(10)11)2-6(9)3-5/h4-10H,1-3H3,(H,18,20);3-9,17H,1-2H3,(H,16,18);1-7,15-17H,(H,14,18);4-6H,1-3H3;3-5H,1-2H3,(H,10,11);1-3,8-9H,(H,10,11). The van der Waals surface area contributed by atoms with Crippen molar-refractivity contribution < 1.29 is 91.8 Å². The molecule has 0 atom stereocenters. The lowest BCUT2D eigenvalue weighted by Crippen LogP contribution is -2.12. The number of carbonyl (C=O) groups is 7. The maximum atomic E-state index is 12.2. The number of phenolic OH excluding ortho intramolecular Hbond substituents is 6. The van der Waals surface area contributed by atoms with Gasteiger partial charge in [0.15, 0.2) is 0 Å². The number of carboxylic acid groups (broad SMARTS) is 2. The quantitative estimate of drug-likeness (QED) is 0.0248. The molecule has 0 unspecified atom stereocenters. The Hall–Kier alpha value is -12.0. The van der Waals surface area contributed by atoms with Crippen LogP contribution in [0, 0.1) is 55.4 Å². The fourth-order valence-electron chi connectivity index (χ4n) is 8.50. The van der Waals surface area contributed by atoms with Crippen molar-refractivity contribution in [2.75, 3.05) is 22.2 Å². The number of benzene rings is 9. The third kappa shape index (κ3) is 27.4. The lowest BCUT2D eigenvalue weighted by molar-refractivity contribution is -0.131. The number of aromatic hydroxyl groups is 6. The Bertz CT molecular complexity index is 4010. The molecular formula is C71H71N3O19S. The summed E-state index contributed by atoms with van der Waals surface area (Å²) in [7, 11) is -3.75. The topological polar surface area (TPSA) is 370 Å². The van der Waals surface area contributed by atoms with Crippen LogP contribution in [0.3, 0.4) is 0 Å². The zero-order valence-electron chi connectivity index (χ0n) is 52.8. The van der Waals surface area contributed by atoms with E-state index in [0.29, 0.717) is 39.5 Å². The summed E-state index contributed by atoms with van der Waals surface area (Å²) < 4.78 is 30.7. The lowest BCUT2D eigenvalue weighted by Gasteiger charge is -2.08. The molecule has 0 fully saturated rings. The highest BCUT2D eigenvalue weighted by atomic mass is 32.2. The number of carboxylic acids is 2. The van der Waals surface area contributed by atoms with E-state index in [-0.39, 0.29) is 69.0 Å². The number of rotatable bonds is 11. The summed E-state index contributed by atoms with van der Waals surface area (Å²) in [5, 5.41) is 79.7. The molecule has 0 aliphatic rings. The highest BCUT2D eigenvalue weighted by molar-refractivity contribution is 7.86. The van der Waals surface area contributed by atoms with Crippen molar-refractivity contribution in [3.63, 3.8) is 0 Å². The van der Waals surface area contributed by atoms with Gasteiger partial charge in [0.05, 0.1) is 22.9 Å². The van der Waals surface area contributed by atoms with Gasteiger partial charge in [-0.15, -0.1) is 0 Å². The smallest absolute Gasteiger partial charge is 0.353 e. The van der Waals surface area contributed by atoms with Gasteiger partial charge in [0, 0.05) is 52.8 Å². The predicted molar refractivity (Wildman–Crippen MR) is 355 cm³/mol. The van der Waals surface area contributed by atoms with Crippen LogP contribution in [0.2, 0.25) is 0 Å². The number of phenols is 6. The second kappa shape index (κ2) is 34.8. The molecule has 0 bridgehead atoms. The van der Waals surface area contributed by atoms with Gasteiger partial charge in [0.1, 0.15) is 40.2 Å². The van der Waals surface area contributed by atoms with Crippen LogP contribution < -0.4 is 20.7 Å². The maximum Gasteiger partial charge on any atom is 0.353 e. The Morgan fingerprint density at radius 2 is 0.574 bits per heavy atom. The normalized spacial score (nSPS) is 10.1. The first-order valence-corrected chi connectivity index (χ1v) is 29.9. The zero-order chi connectivity index (χ0) is 70.1. The summed E-state index contributed by atoms with van der Waals surface area (Å²) in [6, 6.07) is 47.6. The molecule has 490 valence electrons. The maximum absolute atomic E-state index is 12.2. The number of nitrogens with one attached hydrogen (secondary N) is 3. The second-order valence-corrected chi connectivity index (χ2v) is 22.8. The first-order valence-electron chi connectivity index (χ1n) is 28.1. The van der Waals surface area contributed by atoms with Gasteiger partial charge in [0.25, 0.3) is 17.7 Å². The second-order valence-electron chi connectivity index (χ2n) is 21.2. The Kier molecular flexibility index (Phi) is 27.6. The van der Waals surface area contributed by atoms with Gasteiger partial charge >= 0.3 is 34.0 Å². The van der Waals surface area contributed by atoms with Crippen LogP contribution in [0.4, 0.5) is 17.1 Å². The Labute approximate surface area is 542 Å². The minimum atomic E-state index is -3.75. The fraction of sp³-hybridized carbons (Fsp3) is 0.141. The molecule has 9 aromatic rings. The lowest BCUT2D eigenvalue weighted by atomic mass is 10.1. The van der Waals surface area contributed by atoms with Crippen molar-refractivity contribution >= 4 is 68.8 Å². The molecule has 0 radical (unpaired) electrons. The molecular weight excluding hydrogens is 1230 g/mol. The van der Waals surface area contributed by atoms with Crippen LogP contribution in [0.5, 0.6) is 40.2 Å². The number of hydrogen-bond donors (Lipinski definition) is 11. The third-order valence-corrected chi connectivity index (χ3v) is 12.5. The summed E-state index contributed by atoms with van der Waals surface area (Å²) in [5.74, 6) is -4.21. The molecule has 0 aliphatic carbocycles. The molecule has 0 aromatic heterocycles. The summed E-state index contributed by atoms with van der Waals surface area (Å²) in [5.41, 5.74) is 11.6. The van der Waals surface area contributed by atoms with Gasteiger partial charge < -0.3 is 65.7 Å². The predicted octanol–water partition coefficient (Wildman–Crippen LogP) is 13.0. The Morgan fingerprint density at radius 3 is 0.851 bits per heavy atom. The monoisotopic (exact) mass is 1300 g/mol. The summed E-state index contributed by atoms with van der Waals surface area (Å²) >= 11 is 0. The van der Waals surface area contributed by atoms with E-state index in [2.05, 4.69) is 20.1 Å². The van der Waals surface area contributed by atoms with E-state index in [9.17, 15) is 52.2 Å². The SMILES string of the molecule is CC(=O)Oc1ccc(NC(=O)c2cc(C)cc(C)c2)cc1.Cc1cc(C)cc(C(=O)Nc2ccc(O)cc2)c1.Cc1cc(C)cc(C(=O)O)c1.Cc1cc(C)cc(C(=O)OS(C)(=O)=O)c1.O=C(Nc1ccc(O)cc1)c1cc(O)cc(O)c1.O=C(O)c1cc(O)cc(O)c1. The van der Waals surface area contributed by atoms with Gasteiger partial charge in [-0.1, -0.05) is 68.8 Å². The van der Waals surface area contributed by atoms with Crippen LogP contribution >= 0.6 is 0 Å². The van der Waals surface area contributed by atoms with E-state index in [1.54, 1.807) is 60.7 Å². The highest BCUT2D eigenvalue weighted by Gasteiger charge is 2.15. The average molecular weight is 1300 g/mol. The number of aromatic carboxylic acids is 2. The summed E-state index contributed by atoms with van der Waals surface area (Å²) in [4.78, 5) is 79.0. The van der Waals surface area contributed by atoms with Crippen molar-refractivity contribution in [2.24, 2.45) is 0 Å². The number of anilines is 3. The fourth-order valence-corrected chi connectivity index (χ4v) is 8.88. The third-order valence-electron chi connectivity index (χ3n) is 12.1. The first kappa shape index (κ1) is 74.5. The molecule has 23 heteroatoms. The molecule has 9 aromatic carbocycles. The summed E-state index contributed by atoms with van der Waals surface area (Å²) in [6.45, 7) is 16.6. The zero-order valence-corrected chi connectivity index (χ0v) is 53.6. The molecule has 0 saturated heterocycles. The largest absolute Gasteiger partial charge is 0.508 e. The van der Waals surface area contributed by atoms with Crippen LogP contribution in [0.15, 0.2) is 182 Å². The Balaban J connectivity index is 0.000000244. The van der Waals surface area contributed by atoms with Crippen molar-refractivity contribution in [1.82, 2.24) is 0 Å². The van der Waals surface area contributed by atoms with Crippen molar-refractivity contribution in [3.8, 4) is 40.2 Å². The molecule has 22 nitrogen and oxygen atoms in total. The van der Waals surface area contributed by atoms with E-state index >= 15 is 0 Å². The van der Waals surface area contributed by atoms with E-state index in [1.807, 2.05) is 104 Å². The van der Waals surface area contributed by atoms with Gasteiger partial charge in [-0.3, -0.25) is 19.2 Å². The van der Waals surface area contributed by atoms with Gasteiger partial charge in [-0.2, -0.15) is 8.42 Å². The van der Waals surface area contributed by atoms with Crippen LogP contribution in [-0.2, 0) is 19.1 Å². The molecule has 11 N–H and O–H groups in total. The minimum absolute atomic E-state index is 0.1000. The number of hydrogen-bond acceptors (Lipinski definition) is 17. The van der Waals surface area contributed by atoms with Gasteiger partial charge in [0.2, 0.25) is 0 Å². The highest BCUT2D eigenvalue weighted by Crippen LogP contribution is 2.24. The van der Waals surface area contributed by atoms with E-state index < -0.39 is 33.9 Å². The molecule has 0 saturated carbocycles. The number of carbonyl (C=O) groups excluding carboxylic acids is 5. The minimum Gasteiger partial charge on any atom is -0.508 e. The van der Waals surface area contributed by atoms with Gasteiger partial charge in [-0.05, 0) is 201 Å². The van der Waals surface area contributed by atoms with E-state index in [4.69, 9.17) is 35.4 Å². The van der Waals surface area contributed by atoms with Crippen LogP contribution in [0.25, 0.3) is 0 Å². The van der Waals surface area contributed by atoms with E-state index in [0.717, 1.165) is 75.0 Å². The number of amides is 3.